The molecule has 0 atom stereocenters. The van der Waals surface area contributed by atoms with E-state index in [0.29, 0.717) is 0 Å². The van der Waals surface area contributed by atoms with E-state index in [1.54, 1.807) is 0 Å². The van der Waals surface area contributed by atoms with E-state index in [1.807, 2.05) is 0 Å². The molecule has 0 bridgehead atoms. The molecule has 0 aromatic heterocycles. The summed E-state index contributed by atoms with van der Waals surface area (Å²) in [6.07, 6.45) is 0. The Morgan fingerprint density at radius 2 is 1.00 bits per heavy atom. The van der Waals surface area contributed by atoms with Gasteiger partial charge in [-0.15, -0.1) is 0 Å². The molecule has 0 aromatic carbocycles. The van der Waals surface area contributed by atoms with Crippen LogP contribution in [0.5, 0.6) is 0 Å². The molecule has 0 radical (unpaired) electrons. The quantitative estimate of drug-likeness (QED) is 0.382. The third-order valence-corrected chi connectivity index (χ3v) is 1.08. The summed E-state index contributed by atoms with van der Waals surface area (Å²) < 4.78 is 0. The fourth-order valence-electron chi connectivity index (χ4n) is 0.742. The van der Waals surface area contributed by atoms with Crippen molar-refractivity contribution in [3.8, 4) is 0 Å². The first-order valence-electron chi connectivity index (χ1n) is 3.29. The maximum Gasteiger partial charge on any atom is 1.00 e. The van der Waals surface area contributed by atoms with Crippen LogP contribution in [-0.4, -0.2) is 57.8 Å². The van der Waals surface area contributed by atoms with Gasteiger partial charge in [0.05, 0.1) is 19.6 Å². The van der Waals surface area contributed by atoms with Crippen LogP contribution in [0, 0.1) is 0 Å². The second-order valence-electron chi connectivity index (χ2n) is 2.33. The Morgan fingerprint density at radius 1 is 0.786 bits per heavy atom. The zero-order valence-electron chi connectivity index (χ0n) is 7.63. The minimum Gasteiger partial charge on any atom is -0.480 e. The molecule has 0 aliphatic carbocycles. The monoisotopic (exact) mass is 214 g/mol. The largest absolute Gasteiger partial charge is 1.00 e. The Morgan fingerprint density at radius 3 is 1.14 bits per heavy atom. The summed E-state index contributed by atoms with van der Waals surface area (Å²) in [7, 11) is 0. The molecule has 0 saturated carbocycles. The molecule has 0 aromatic rings. The van der Waals surface area contributed by atoms with Crippen molar-refractivity contribution in [2.75, 3.05) is 19.6 Å². The molecule has 0 fully saturated rings. The Labute approximate surface area is 102 Å². The van der Waals surface area contributed by atoms with E-state index >= 15 is 0 Å². The van der Waals surface area contributed by atoms with Crippen molar-refractivity contribution >= 4 is 17.9 Å². The summed E-state index contributed by atoms with van der Waals surface area (Å²) >= 11 is 0. The molecule has 0 aliphatic heterocycles. The van der Waals surface area contributed by atoms with Crippen molar-refractivity contribution in [1.29, 1.82) is 0 Å². The van der Waals surface area contributed by atoms with E-state index in [1.165, 1.54) is 0 Å². The first kappa shape index (κ1) is 15.8. The van der Waals surface area contributed by atoms with Crippen LogP contribution in [0.4, 0.5) is 0 Å². The fraction of sp³-hybridized carbons (Fsp3) is 0.500. The van der Waals surface area contributed by atoms with Gasteiger partial charge in [0.25, 0.3) is 0 Å². The van der Waals surface area contributed by atoms with Gasteiger partial charge in [-0.25, -0.2) is 0 Å². The van der Waals surface area contributed by atoms with Gasteiger partial charge < -0.3 is 15.3 Å². The van der Waals surface area contributed by atoms with E-state index in [0.717, 1.165) is 4.90 Å². The molecular formula is C6H9NNaO6+. The Hall–Kier alpha value is -0.630. The number of carbonyl (C=O) groups is 3. The van der Waals surface area contributed by atoms with E-state index in [4.69, 9.17) is 15.3 Å². The zero-order valence-corrected chi connectivity index (χ0v) is 9.63. The standard InChI is InChI=1S/C6H9NO6.Na/c8-4(9)1-7(2-5(10)11)3-6(12)13;/h1-3H2,(H,8,9)(H,10,11)(H,12,13);/q;+1. The van der Waals surface area contributed by atoms with Crippen LogP contribution < -0.4 is 29.6 Å². The van der Waals surface area contributed by atoms with Crippen LogP contribution in [0.15, 0.2) is 0 Å². The number of aliphatic carboxylic acids is 3. The number of nitrogens with zero attached hydrogens (tertiary/aromatic N) is 1. The summed E-state index contributed by atoms with van der Waals surface area (Å²) in [6, 6.07) is 0. The summed E-state index contributed by atoms with van der Waals surface area (Å²) in [5, 5.41) is 24.8. The topological polar surface area (TPSA) is 115 Å². The van der Waals surface area contributed by atoms with Crippen LogP contribution >= 0.6 is 0 Å². The van der Waals surface area contributed by atoms with E-state index in [-0.39, 0.29) is 29.6 Å². The third-order valence-electron chi connectivity index (χ3n) is 1.08. The molecular weight excluding hydrogens is 205 g/mol. The van der Waals surface area contributed by atoms with Gasteiger partial charge in [0.1, 0.15) is 0 Å². The summed E-state index contributed by atoms with van der Waals surface area (Å²) in [5.41, 5.74) is 0. The Balaban J connectivity index is 0. The van der Waals surface area contributed by atoms with Gasteiger partial charge in [-0.2, -0.15) is 0 Å². The van der Waals surface area contributed by atoms with Gasteiger partial charge in [0.2, 0.25) is 0 Å². The molecule has 0 rings (SSSR count). The number of hydrogen-bond acceptors (Lipinski definition) is 4. The molecule has 3 N–H and O–H groups in total. The van der Waals surface area contributed by atoms with Crippen LogP contribution in [0.3, 0.4) is 0 Å². The number of hydrogen-bond donors (Lipinski definition) is 3. The van der Waals surface area contributed by atoms with E-state index < -0.39 is 37.5 Å². The maximum absolute atomic E-state index is 10.1. The summed E-state index contributed by atoms with van der Waals surface area (Å²) in [5.74, 6) is -3.78. The molecule has 0 amide bonds. The van der Waals surface area contributed by atoms with Gasteiger partial charge in [-0.05, 0) is 0 Å². The molecule has 8 heteroatoms. The SMILES string of the molecule is O=C(O)CN(CC(=O)O)CC(=O)O.[Na+]. The molecule has 0 unspecified atom stereocenters. The maximum atomic E-state index is 10.1. The predicted octanol–water partition coefficient (Wildman–Crippen LogP) is -4.45. The van der Waals surface area contributed by atoms with Crippen molar-refractivity contribution in [2.45, 2.75) is 0 Å². The van der Waals surface area contributed by atoms with Gasteiger partial charge in [-0.3, -0.25) is 19.3 Å². The van der Waals surface area contributed by atoms with Crippen molar-refractivity contribution in [2.24, 2.45) is 0 Å². The van der Waals surface area contributed by atoms with Crippen molar-refractivity contribution < 1.29 is 59.3 Å². The summed E-state index contributed by atoms with van der Waals surface area (Å²) in [4.78, 5) is 31.2. The molecule has 14 heavy (non-hydrogen) atoms. The van der Waals surface area contributed by atoms with Gasteiger partial charge in [-0.1, -0.05) is 0 Å². The van der Waals surface area contributed by atoms with Crippen molar-refractivity contribution in [1.82, 2.24) is 4.90 Å². The molecule has 0 aliphatic rings. The molecule has 74 valence electrons. The van der Waals surface area contributed by atoms with Crippen LogP contribution in [0.25, 0.3) is 0 Å². The molecule has 0 heterocycles. The second-order valence-corrected chi connectivity index (χ2v) is 2.33. The Kier molecular flexibility index (Phi) is 8.75. The van der Waals surface area contributed by atoms with Gasteiger partial charge in [0.15, 0.2) is 0 Å². The van der Waals surface area contributed by atoms with Gasteiger partial charge >= 0.3 is 47.5 Å². The van der Waals surface area contributed by atoms with Crippen molar-refractivity contribution in [3.05, 3.63) is 0 Å². The van der Waals surface area contributed by atoms with E-state index in [9.17, 15) is 14.4 Å². The van der Waals surface area contributed by atoms with Gasteiger partial charge in [0, 0.05) is 0 Å². The summed E-state index contributed by atoms with van der Waals surface area (Å²) in [6.45, 7) is -1.80. The number of carboxylic acids is 3. The van der Waals surface area contributed by atoms with Crippen LogP contribution in [-0.2, 0) is 14.4 Å². The third kappa shape index (κ3) is 9.46. The molecule has 0 saturated heterocycles. The fourth-order valence-corrected chi connectivity index (χ4v) is 0.742. The van der Waals surface area contributed by atoms with Crippen LogP contribution in [0.2, 0.25) is 0 Å². The normalized spacial score (nSPS) is 9.21. The Bertz CT molecular complexity index is 192. The average molecular weight is 214 g/mol. The number of carboxylic acid groups (broad SMARTS) is 3. The second kappa shape index (κ2) is 7.74. The molecule has 7 nitrogen and oxygen atoms in total. The zero-order chi connectivity index (χ0) is 10.4. The molecule has 0 spiro atoms. The first-order chi connectivity index (χ1) is 5.91. The first-order valence-corrected chi connectivity index (χ1v) is 3.29. The van der Waals surface area contributed by atoms with E-state index in [2.05, 4.69) is 0 Å². The smallest absolute Gasteiger partial charge is 0.480 e. The van der Waals surface area contributed by atoms with Crippen molar-refractivity contribution in [3.63, 3.8) is 0 Å². The number of rotatable bonds is 6. The minimum atomic E-state index is -1.26. The van der Waals surface area contributed by atoms with Crippen LogP contribution in [0.1, 0.15) is 0 Å². The minimum absolute atomic E-state index is 0. The average Bonchev–Trinajstić information content (AvgIpc) is 1.80. The predicted molar refractivity (Wildman–Crippen MR) is 39.3 cm³/mol.